The molecule has 160 valence electrons. The topological polar surface area (TPSA) is 69.2 Å². The highest BCUT2D eigenvalue weighted by Crippen LogP contribution is 2.47. The first-order valence-electron chi connectivity index (χ1n) is 10.8. The number of anilines is 2. The number of rotatable bonds is 2. The van der Waals surface area contributed by atoms with E-state index in [1.807, 2.05) is 30.0 Å². The van der Waals surface area contributed by atoms with Crippen LogP contribution in [0.4, 0.5) is 15.8 Å². The van der Waals surface area contributed by atoms with E-state index in [1.165, 1.54) is 6.07 Å². The first-order chi connectivity index (χ1) is 15.1. The van der Waals surface area contributed by atoms with Crippen molar-refractivity contribution in [1.82, 2.24) is 10.7 Å². The Labute approximate surface area is 179 Å². The van der Waals surface area contributed by atoms with Crippen LogP contribution in [0.3, 0.4) is 0 Å². The second-order valence-electron chi connectivity index (χ2n) is 8.61. The van der Waals surface area contributed by atoms with Crippen LogP contribution in [0.25, 0.3) is 11.1 Å². The summed E-state index contributed by atoms with van der Waals surface area (Å²) in [6.07, 6.45) is 2.22. The van der Waals surface area contributed by atoms with Gasteiger partial charge in [0.05, 0.1) is 5.69 Å². The molecule has 6 rings (SSSR count). The Morgan fingerprint density at radius 1 is 1.10 bits per heavy atom. The SMILES string of the molecule is C[C@@H]1C(=O)NN=C2COc3cc(-c4ccccc4F)c(N4[C@@H]5CC[C@H]4CNC5)cc3N21. The molecule has 0 aliphatic carbocycles. The third-order valence-corrected chi connectivity index (χ3v) is 6.86. The molecule has 2 aromatic rings. The smallest absolute Gasteiger partial charge is 0.262 e. The van der Waals surface area contributed by atoms with Crippen LogP contribution < -0.4 is 25.3 Å². The molecule has 0 saturated carbocycles. The second-order valence-corrected chi connectivity index (χ2v) is 8.61. The van der Waals surface area contributed by atoms with E-state index >= 15 is 0 Å². The van der Waals surface area contributed by atoms with E-state index in [2.05, 4.69) is 26.8 Å². The predicted molar refractivity (Wildman–Crippen MR) is 117 cm³/mol. The van der Waals surface area contributed by atoms with Gasteiger partial charge in [0, 0.05) is 42.0 Å². The first kappa shape index (κ1) is 18.6. The van der Waals surface area contributed by atoms with Crippen LogP contribution in [0.15, 0.2) is 41.5 Å². The molecule has 8 heteroatoms. The maximum absolute atomic E-state index is 14.9. The lowest BCUT2D eigenvalue weighted by Crippen LogP contribution is -2.55. The van der Waals surface area contributed by atoms with Crippen molar-refractivity contribution in [3.05, 3.63) is 42.2 Å². The van der Waals surface area contributed by atoms with Gasteiger partial charge in [-0.1, -0.05) is 18.2 Å². The monoisotopic (exact) mass is 421 g/mol. The summed E-state index contributed by atoms with van der Waals surface area (Å²) in [6, 6.07) is 11.2. The third kappa shape index (κ3) is 2.81. The van der Waals surface area contributed by atoms with Crippen LogP contribution in [0.1, 0.15) is 19.8 Å². The standard InChI is InChI=1S/C23H24FN5O2/c1-13-23(30)27-26-22-12-31-21-8-17(16-4-2-3-5-18(16)24)19(9-20(21)28(13)22)29-14-6-7-15(29)11-25-10-14/h2-5,8-9,13-15,25H,6-7,10-12H2,1H3,(H,27,30)/t13-,14-,15+/m1/s1. The third-order valence-electron chi connectivity index (χ3n) is 6.86. The minimum Gasteiger partial charge on any atom is -0.483 e. The highest BCUT2D eigenvalue weighted by atomic mass is 19.1. The number of amides is 1. The maximum Gasteiger partial charge on any atom is 0.262 e. The van der Waals surface area contributed by atoms with Crippen molar-refractivity contribution in [3.8, 4) is 16.9 Å². The van der Waals surface area contributed by atoms with Crippen molar-refractivity contribution in [1.29, 1.82) is 0 Å². The van der Waals surface area contributed by atoms with Crippen LogP contribution >= 0.6 is 0 Å². The Balaban J connectivity index is 1.57. The van der Waals surface area contributed by atoms with Gasteiger partial charge in [0.15, 0.2) is 5.84 Å². The van der Waals surface area contributed by atoms with Gasteiger partial charge in [-0.15, -0.1) is 0 Å². The Morgan fingerprint density at radius 3 is 2.65 bits per heavy atom. The molecule has 7 nitrogen and oxygen atoms in total. The lowest BCUT2D eigenvalue weighted by Gasteiger charge is -2.42. The fraction of sp³-hybridized carbons (Fsp3) is 0.391. The molecule has 2 saturated heterocycles. The average Bonchev–Trinajstić information content (AvgIpc) is 3.03. The van der Waals surface area contributed by atoms with Gasteiger partial charge >= 0.3 is 0 Å². The first-order valence-corrected chi connectivity index (χ1v) is 10.8. The predicted octanol–water partition coefficient (Wildman–Crippen LogP) is 2.46. The lowest BCUT2D eigenvalue weighted by atomic mass is 9.98. The number of benzene rings is 2. The minimum absolute atomic E-state index is 0.154. The van der Waals surface area contributed by atoms with Crippen LogP contribution in [0.2, 0.25) is 0 Å². The molecular formula is C23H24FN5O2. The highest BCUT2D eigenvalue weighted by molar-refractivity contribution is 6.10. The van der Waals surface area contributed by atoms with E-state index in [0.29, 0.717) is 29.2 Å². The number of carbonyl (C=O) groups is 1. The van der Waals surface area contributed by atoms with Crippen molar-refractivity contribution >= 4 is 23.1 Å². The number of hydrogen-bond donors (Lipinski definition) is 2. The zero-order chi connectivity index (χ0) is 21.1. The van der Waals surface area contributed by atoms with Gasteiger partial charge in [-0.2, -0.15) is 5.10 Å². The molecule has 2 bridgehead atoms. The second kappa shape index (κ2) is 6.95. The summed E-state index contributed by atoms with van der Waals surface area (Å²) in [5.41, 5.74) is 5.75. The molecule has 0 aromatic heterocycles. The fourth-order valence-electron chi connectivity index (χ4n) is 5.34. The summed E-state index contributed by atoms with van der Waals surface area (Å²) in [7, 11) is 0. The largest absolute Gasteiger partial charge is 0.483 e. The lowest BCUT2D eigenvalue weighted by molar-refractivity contribution is -0.122. The van der Waals surface area contributed by atoms with E-state index in [0.717, 1.165) is 42.9 Å². The molecule has 4 aliphatic rings. The van der Waals surface area contributed by atoms with E-state index in [4.69, 9.17) is 4.74 Å². The molecule has 4 aliphatic heterocycles. The van der Waals surface area contributed by atoms with Crippen LogP contribution in [0, 0.1) is 5.82 Å². The van der Waals surface area contributed by atoms with Gasteiger partial charge in [0.25, 0.3) is 5.91 Å². The molecule has 3 atom stereocenters. The molecule has 31 heavy (non-hydrogen) atoms. The zero-order valence-electron chi connectivity index (χ0n) is 17.3. The molecule has 4 heterocycles. The van der Waals surface area contributed by atoms with E-state index in [9.17, 15) is 9.18 Å². The van der Waals surface area contributed by atoms with Crippen LogP contribution in [-0.2, 0) is 4.79 Å². The summed E-state index contributed by atoms with van der Waals surface area (Å²) in [5, 5.41) is 7.71. The quantitative estimate of drug-likeness (QED) is 0.780. The number of carbonyl (C=O) groups excluding carboxylic acids is 1. The number of hydrogen-bond acceptors (Lipinski definition) is 6. The molecule has 2 N–H and O–H groups in total. The number of hydrazone groups is 1. The highest BCUT2D eigenvalue weighted by Gasteiger charge is 2.40. The Kier molecular flexibility index (Phi) is 4.17. The number of fused-ring (bicyclic) bond motifs is 5. The van der Waals surface area contributed by atoms with Gasteiger partial charge in [-0.25, -0.2) is 9.82 Å². The summed E-state index contributed by atoms with van der Waals surface area (Å²) in [6.45, 7) is 3.94. The van der Waals surface area contributed by atoms with E-state index < -0.39 is 6.04 Å². The number of halogens is 1. The van der Waals surface area contributed by atoms with Crippen molar-refractivity contribution < 1.29 is 13.9 Å². The Morgan fingerprint density at radius 2 is 1.87 bits per heavy atom. The number of ether oxygens (including phenoxy) is 1. The maximum atomic E-state index is 14.9. The van der Waals surface area contributed by atoms with Crippen molar-refractivity contribution in [3.63, 3.8) is 0 Å². The summed E-state index contributed by atoms with van der Waals surface area (Å²) in [5.74, 6) is 0.908. The Bertz CT molecular complexity index is 1090. The van der Waals surface area contributed by atoms with Crippen molar-refractivity contribution in [2.24, 2.45) is 5.10 Å². The number of amidine groups is 1. The Hall–Kier alpha value is -3.13. The van der Waals surface area contributed by atoms with Crippen molar-refractivity contribution in [2.75, 3.05) is 29.5 Å². The molecule has 2 fully saturated rings. The van der Waals surface area contributed by atoms with Gasteiger partial charge in [-0.3, -0.25) is 4.79 Å². The van der Waals surface area contributed by atoms with Crippen LogP contribution in [0.5, 0.6) is 5.75 Å². The van der Waals surface area contributed by atoms with Crippen molar-refractivity contribution in [2.45, 2.75) is 37.9 Å². The fourth-order valence-corrected chi connectivity index (χ4v) is 5.34. The normalized spacial score (nSPS) is 26.6. The molecule has 2 aromatic carbocycles. The average molecular weight is 421 g/mol. The molecule has 1 amide bonds. The van der Waals surface area contributed by atoms with Gasteiger partial charge in [0.1, 0.15) is 24.2 Å². The zero-order valence-corrected chi connectivity index (χ0v) is 17.3. The molecule has 0 unspecified atom stereocenters. The minimum atomic E-state index is -0.401. The number of nitrogens with zero attached hydrogens (tertiary/aromatic N) is 3. The van der Waals surface area contributed by atoms with E-state index in [-0.39, 0.29) is 18.3 Å². The number of nitrogens with one attached hydrogen (secondary N) is 2. The summed E-state index contributed by atoms with van der Waals surface area (Å²) in [4.78, 5) is 16.7. The summed E-state index contributed by atoms with van der Waals surface area (Å²) >= 11 is 0. The molecule has 0 spiro atoms. The van der Waals surface area contributed by atoms with Gasteiger partial charge in [0.2, 0.25) is 0 Å². The van der Waals surface area contributed by atoms with Gasteiger partial charge < -0.3 is 19.9 Å². The molecular weight excluding hydrogens is 397 g/mol. The van der Waals surface area contributed by atoms with Crippen LogP contribution in [-0.4, -0.2) is 49.6 Å². The van der Waals surface area contributed by atoms with E-state index in [1.54, 1.807) is 6.07 Å². The summed E-state index contributed by atoms with van der Waals surface area (Å²) < 4.78 is 20.9. The van der Waals surface area contributed by atoms with Gasteiger partial charge in [-0.05, 0) is 38.0 Å². The molecule has 0 radical (unpaired) electrons. The number of piperazine rings is 1.